The van der Waals surface area contributed by atoms with Gasteiger partial charge in [0, 0.05) is 37.2 Å². The molecule has 9 rings (SSSR count). The Morgan fingerprint density at radius 2 is 1.72 bits per heavy atom. The molecule has 0 aliphatic heterocycles. The minimum atomic E-state index is -4.63. The molecule has 0 bridgehead atoms. The molecule has 2 aliphatic rings. The van der Waals surface area contributed by atoms with E-state index in [0.29, 0.717) is 15.4 Å². The van der Waals surface area contributed by atoms with Crippen LogP contribution in [0, 0.1) is 17.6 Å². The Bertz CT molecular complexity index is 3280. The number of nitrogens with one attached hydrogen (secondary N) is 2. The van der Waals surface area contributed by atoms with Gasteiger partial charge in [-0.1, -0.05) is 11.6 Å². The Hall–Kier alpha value is -6.50. The number of aromatic nitrogens is 9. The van der Waals surface area contributed by atoms with E-state index < -0.39 is 106 Å². The number of carbonyl (C=O) groups excluding carboxylic acids is 1. The normalized spacial score (nSPS) is 17.2. The number of rotatable bonds is 12. The number of hydrogen-bond donors (Lipinski definition) is 2. The third-order valence-corrected chi connectivity index (χ3v) is 11.8. The first-order chi connectivity index (χ1) is 30.5. The maximum Gasteiger partial charge on any atom is 0.408 e. The molecule has 1 saturated carbocycles. The first-order valence-electron chi connectivity index (χ1n) is 19.2. The zero-order valence-corrected chi connectivity index (χ0v) is 34.8. The summed E-state index contributed by atoms with van der Waals surface area (Å²) in [5, 5.41) is 14.1. The van der Waals surface area contributed by atoms with Crippen molar-refractivity contribution in [2.24, 2.45) is 13.0 Å². The summed E-state index contributed by atoms with van der Waals surface area (Å²) in [6, 6.07) is 7.00. The fourth-order valence-electron chi connectivity index (χ4n) is 8.37. The van der Waals surface area contributed by atoms with Gasteiger partial charge in [-0.15, -0.1) is 0 Å². The first-order valence-corrected chi connectivity index (χ1v) is 21.4. The molecule has 2 aromatic carbocycles. The van der Waals surface area contributed by atoms with E-state index in [4.69, 9.17) is 11.6 Å². The number of alkyl halides is 7. The van der Waals surface area contributed by atoms with Gasteiger partial charge in [-0.2, -0.15) is 37.2 Å². The number of benzene rings is 2. The molecular weight excluding hydrogens is 925 g/mol. The van der Waals surface area contributed by atoms with Crippen LogP contribution in [-0.4, -0.2) is 70.6 Å². The Labute approximate surface area is 363 Å². The second-order valence-corrected chi connectivity index (χ2v) is 17.8. The molecule has 0 radical (unpaired) electrons. The van der Waals surface area contributed by atoms with Gasteiger partial charge in [-0.3, -0.25) is 32.9 Å². The Morgan fingerprint density at radius 3 is 2.40 bits per heavy atom. The lowest BCUT2D eigenvalue weighted by Gasteiger charge is -2.24. The average molecular weight is 954 g/mol. The van der Waals surface area contributed by atoms with Crippen molar-refractivity contribution in [2.45, 2.75) is 56.4 Å². The van der Waals surface area contributed by atoms with Gasteiger partial charge in [-0.05, 0) is 60.4 Å². The van der Waals surface area contributed by atoms with E-state index in [9.17, 15) is 48.7 Å². The van der Waals surface area contributed by atoms with Crippen LogP contribution in [-0.2, 0) is 47.3 Å². The van der Waals surface area contributed by atoms with Gasteiger partial charge >= 0.3 is 6.18 Å². The molecular formula is C39H29ClF9N11O4S. The van der Waals surface area contributed by atoms with Crippen molar-refractivity contribution in [3.63, 3.8) is 0 Å². The van der Waals surface area contributed by atoms with E-state index in [1.165, 1.54) is 42.1 Å². The number of sulfonamides is 1. The van der Waals surface area contributed by atoms with Crippen molar-refractivity contribution in [3.8, 4) is 17.1 Å². The number of amides is 1. The molecule has 5 aromatic heterocycles. The number of pyridine rings is 1. The standard InChI is InChI=1S/C39H29ClF9N11O4S/c1-57-31-26(6-4-22(40)29(31)35(55-57)56-65(2,63)64)60-36(52-34-19(37(60)62)3-5-23(51-34)24-7-8-58(53-24)15-38(45,46)47)25(11-16-9-17(41)12-18(42)10-16)50-27(61)14-59-32-28(30(54-59)33(43)44)20-13-21(20)39(32,48)49/h3-10,12,20-21,25,33H,11,13-15H2,1-2H3,(H,50,61)(H,55,56)/t20-,21+,25-/m0/s1. The van der Waals surface area contributed by atoms with E-state index in [1.54, 1.807) is 0 Å². The van der Waals surface area contributed by atoms with E-state index >= 15 is 8.78 Å². The van der Waals surface area contributed by atoms with Gasteiger partial charge in [0.15, 0.2) is 11.5 Å². The summed E-state index contributed by atoms with van der Waals surface area (Å²) in [5.74, 6) is -9.76. The molecule has 3 atom stereocenters. The maximum atomic E-state index is 15.5. The summed E-state index contributed by atoms with van der Waals surface area (Å²) in [7, 11) is -2.60. The van der Waals surface area contributed by atoms with Crippen molar-refractivity contribution in [3.05, 3.63) is 110 Å². The molecule has 5 heterocycles. The minimum Gasteiger partial charge on any atom is -0.344 e. The predicted octanol–water partition coefficient (Wildman–Crippen LogP) is 6.84. The second-order valence-electron chi connectivity index (χ2n) is 15.6. The molecule has 2 N–H and O–H groups in total. The summed E-state index contributed by atoms with van der Waals surface area (Å²) >= 11 is 6.58. The highest BCUT2D eigenvalue weighted by Gasteiger charge is 2.67. The Kier molecular flexibility index (Phi) is 10.3. The van der Waals surface area contributed by atoms with Crippen LogP contribution in [0.15, 0.2) is 59.5 Å². The molecule has 65 heavy (non-hydrogen) atoms. The van der Waals surface area contributed by atoms with Gasteiger partial charge in [0.25, 0.3) is 17.9 Å². The highest BCUT2D eigenvalue weighted by atomic mass is 35.5. The molecule has 2 aliphatic carbocycles. The summed E-state index contributed by atoms with van der Waals surface area (Å²) in [6.07, 6.45) is -6.65. The van der Waals surface area contributed by atoms with Crippen LogP contribution in [0.3, 0.4) is 0 Å². The van der Waals surface area contributed by atoms with E-state index in [1.807, 2.05) is 0 Å². The van der Waals surface area contributed by atoms with Crippen LogP contribution in [0.2, 0.25) is 5.02 Å². The van der Waals surface area contributed by atoms with Gasteiger partial charge in [0.1, 0.15) is 47.6 Å². The molecule has 15 nitrogen and oxygen atoms in total. The van der Waals surface area contributed by atoms with Crippen LogP contribution in [0.25, 0.3) is 39.0 Å². The zero-order chi connectivity index (χ0) is 46.7. The summed E-state index contributed by atoms with van der Waals surface area (Å²) in [6.45, 7) is -2.52. The molecule has 26 heteroatoms. The van der Waals surface area contributed by atoms with Crippen molar-refractivity contribution in [2.75, 3.05) is 11.0 Å². The maximum absolute atomic E-state index is 15.5. The molecule has 7 aromatic rings. The van der Waals surface area contributed by atoms with E-state index in [2.05, 4.69) is 35.3 Å². The number of halogens is 10. The monoisotopic (exact) mass is 953 g/mol. The van der Waals surface area contributed by atoms with Crippen LogP contribution >= 0.6 is 11.6 Å². The number of anilines is 1. The van der Waals surface area contributed by atoms with Gasteiger partial charge in [0.2, 0.25) is 15.9 Å². The number of fused-ring (bicyclic) bond motifs is 5. The van der Waals surface area contributed by atoms with Gasteiger partial charge in [-0.25, -0.2) is 35.9 Å². The molecule has 1 fully saturated rings. The summed E-state index contributed by atoms with van der Waals surface area (Å²) in [4.78, 5) is 38.1. The predicted molar refractivity (Wildman–Crippen MR) is 213 cm³/mol. The molecule has 0 unspecified atom stereocenters. The number of carbonyl (C=O) groups is 1. The number of hydrogen-bond acceptors (Lipinski definition) is 9. The molecule has 0 spiro atoms. The highest BCUT2D eigenvalue weighted by molar-refractivity contribution is 7.92. The summed E-state index contributed by atoms with van der Waals surface area (Å²) in [5.41, 5.74) is -3.83. The topological polar surface area (TPSA) is 177 Å². The van der Waals surface area contributed by atoms with E-state index in [-0.39, 0.29) is 67.4 Å². The van der Waals surface area contributed by atoms with Crippen molar-refractivity contribution >= 4 is 55.3 Å². The Morgan fingerprint density at radius 1 is 1.00 bits per heavy atom. The molecule has 0 saturated heterocycles. The van der Waals surface area contributed by atoms with Crippen LogP contribution < -0.4 is 15.6 Å². The molecule has 1 amide bonds. The van der Waals surface area contributed by atoms with Gasteiger partial charge in [0.05, 0.1) is 45.0 Å². The molecule has 340 valence electrons. The number of aryl methyl sites for hydroxylation is 1. The largest absolute Gasteiger partial charge is 0.408 e. The highest BCUT2D eigenvalue weighted by Crippen LogP contribution is 2.68. The van der Waals surface area contributed by atoms with Crippen LogP contribution in [0.5, 0.6) is 0 Å². The minimum absolute atomic E-state index is 0.00207. The fourth-order valence-corrected chi connectivity index (χ4v) is 9.11. The smallest absolute Gasteiger partial charge is 0.344 e. The third kappa shape index (κ3) is 8.03. The van der Waals surface area contributed by atoms with E-state index in [0.717, 1.165) is 29.2 Å². The second kappa shape index (κ2) is 15.3. The van der Waals surface area contributed by atoms with Crippen molar-refractivity contribution in [1.82, 2.24) is 49.2 Å². The van der Waals surface area contributed by atoms with Crippen molar-refractivity contribution < 1.29 is 52.7 Å². The summed E-state index contributed by atoms with van der Waals surface area (Å²) < 4.78 is 158. The van der Waals surface area contributed by atoms with Crippen molar-refractivity contribution in [1.29, 1.82) is 0 Å². The average Bonchev–Trinajstić information content (AvgIpc) is 3.40. The third-order valence-electron chi connectivity index (χ3n) is 10.9. The number of nitrogens with zero attached hydrogens (tertiary/aromatic N) is 9. The first kappa shape index (κ1) is 43.7. The lowest BCUT2D eigenvalue weighted by Crippen LogP contribution is -2.38. The quantitative estimate of drug-likeness (QED) is 0.124. The lowest BCUT2D eigenvalue weighted by molar-refractivity contribution is -0.142. The zero-order valence-electron chi connectivity index (χ0n) is 33.2. The lowest BCUT2D eigenvalue weighted by atomic mass is 10.0. The fraction of sp³-hybridized carbons (Fsp3) is 0.308. The Balaban J connectivity index is 1.25. The SMILES string of the molecule is Cn1nc(NS(C)(=O)=O)c2c(Cl)ccc(-n3c([C@H](Cc4cc(F)cc(F)c4)NC(=O)Cn4nc(C(F)F)c5c4C(F)(F)[C@@H]4C[C@H]54)nc4nc(-c5ccn(CC(F)(F)F)n5)ccc4c3=O)c21. The van der Waals surface area contributed by atoms with Crippen LogP contribution in [0.4, 0.5) is 45.3 Å². The van der Waals surface area contributed by atoms with Crippen LogP contribution in [0.1, 0.15) is 53.1 Å². The van der Waals surface area contributed by atoms with Gasteiger partial charge < -0.3 is 5.32 Å².